The van der Waals surface area contributed by atoms with Gasteiger partial charge in [-0.1, -0.05) is 30.3 Å². The topological polar surface area (TPSA) is 53.4 Å². The molecular formula is C17H23N5O. The number of rotatable bonds is 3. The Balaban J connectivity index is 1.62. The number of aryl methyl sites for hydroxylation is 1. The molecule has 1 fully saturated rings. The summed E-state index contributed by atoms with van der Waals surface area (Å²) in [6, 6.07) is 10.1. The molecule has 1 aliphatic heterocycles. The third-order valence-electron chi connectivity index (χ3n) is 4.38. The molecule has 1 aromatic carbocycles. The zero-order chi connectivity index (χ0) is 16.2. The summed E-state index contributed by atoms with van der Waals surface area (Å²) < 4.78 is 2.02. The van der Waals surface area contributed by atoms with Crippen molar-refractivity contribution < 1.29 is 4.79 Å². The second-order valence-electron chi connectivity index (χ2n) is 5.98. The van der Waals surface area contributed by atoms with E-state index < -0.39 is 0 Å². The summed E-state index contributed by atoms with van der Waals surface area (Å²) in [5.41, 5.74) is 1.11. The number of piperazine rings is 1. The number of carbonyl (C=O) groups is 1. The zero-order valence-corrected chi connectivity index (χ0v) is 13.6. The SMILES string of the molecule is CN1CCN(C(=O)NCc2ccccc2)CC1c1nccn1C. The summed E-state index contributed by atoms with van der Waals surface area (Å²) in [6.07, 6.45) is 3.75. The van der Waals surface area contributed by atoms with Crippen molar-refractivity contribution in [1.82, 2.24) is 24.7 Å². The van der Waals surface area contributed by atoms with Crippen molar-refractivity contribution in [2.75, 3.05) is 26.7 Å². The van der Waals surface area contributed by atoms with Gasteiger partial charge < -0.3 is 14.8 Å². The molecule has 6 nitrogen and oxygen atoms in total. The summed E-state index contributed by atoms with van der Waals surface area (Å²) in [5.74, 6) is 0.994. The van der Waals surface area contributed by atoms with Crippen molar-refractivity contribution in [3.63, 3.8) is 0 Å². The van der Waals surface area contributed by atoms with Gasteiger partial charge in [-0.25, -0.2) is 9.78 Å². The number of amides is 2. The van der Waals surface area contributed by atoms with Crippen LogP contribution >= 0.6 is 0 Å². The minimum atomic E-state index is -0.0128. The van der Waals surface area contributed by atoms with Crippen molar-refractivity contribution >= 4 is 6.03 Å². The van der Waals surface area contributed by atoms with E-state index in [0.717, 1.165) is 24.5 Å². The maximum atomic E-state index is 12.4. The van der Waals surface area contributed by atoms with Crippen molar-refractivity contribution in [1.29, 1.82) is 0 Å². The predicted octanol–water partition coefficient (Wildman–Crippen LogP) is 1.62. The fraction of sp³-hybridized carbons (Fsp3) is 0.412. The molecule has 1 aromatic heterocycles. The Bertz CT molecular complexity index is 654. The molecule has 3 rings (SSSR count). The van der Waals surface area contributed by atoms with Gasteiger partial charge in [0.25, 0.3) is 0 Å². The first-order chi connectivity index (χ1) is 11.1. The molecule has 1 N–H and O–H groups in total. The van der Waals surface area contributed by atoms with Crippen LogP contribution in [0.2, 0.25) is 0 Å². The van der Waals surface area contributed by atoms with E-state index in [0.29, 0.717) is 13.1 Å². The molecule has 2 aromatic rings. The van der Waals surface area contributed by atoms with Gasteiger partial charge in [0.1, 0.15) is 5.82 Å². The van der Waals surface area contributed by atoms with E-state index in [4.69, 9.17) is 0 Å². The summed E-state index contributed by atoms with van der Waals surface area (Å²) in [6.45, 7) is 2.79. The molecule has 1 atom stereocenters. The number of benzene rings is 1. The number of carbonyl (C=O) groups excluding carboxylic acids is 1. The van der Waals surface area contributed by atoms with Crippen molar-refractivity contribution in [3.8, 4) is 0 Å². The standard InChI is InChI=1S/C17H23N5O/c1-20-10-11-22(13-15(20)16-18-8-9-21(16)2)17(23)19-12-14-6-4-3-5-7-14/h3-9,15H,10-13H2,1-2H3,(H,19,23). The van der Waals surface area contributed by atoms with Crippen LogP contribution < -0.4 is 5.32 Å². The highest BCUT2D eigenvalue weighted by molar-refractivity contribution is 5.74. The van der Waals surface area contributed by atoms with Crippen molar-refractivity contribution in [2.24, 2.45) is 7.05 Å². The predicted molar refractivity (Wildman–Crippen MR) is 88.8 cm³/mol. The first kappa shape index (κ1) is 15.6. The third-order valence-corrected chi connectivity index (χ3v) is 4.38. The van der Waals surface area contributed by atoms with Crippen LogP contribution in [0.25, 0.3) is 0 Å². The van der Waals surface area contributed by atoms with Crippen LogP contribution in [0.3, 0.4) is 0 Å². The largest absolute Gasteiger partial charge is 0.337 e. The minimum absolute atomic E-state index is 0.0128. The van der Waals surface area contributed by atoms with Gasteiger partial charge in [0.15, 0.2) is 0 Å². The average molecular weight is 313 g/mol. The van der Waals surface area contributed by atoms with Crippen LogP contribution in [0.15, 0.2) is 42.7 Å². The number of hydrogen-bond donors (Lipinski definition) is 1. The van der Waals surface area contributed by atoms with Crippen LogP contribution in [-0.4, -0.2) is 52.1 Å². The molecular weight excluding hydrogens is 290 g/mol. The second kappa shape index (κ2) is 6.83. The number of aromatic nitrogens is 2. The lowest BCUT2D eigenvalue weighted by Gasteiger charge is -2.38. The molecule has 0 saturated carbocycles. The molecule has 0 bridgehead atoms. The second-order valence-corrected chi connectivity index (χ2v) is 5.98. The Labute approximate surface area is 136 Å². The molecule has 1 aliphatic rings. The Hall–Kier alpha value is -2.34. The molecule has 0 radical (unpaired) electrons. The van der Waals surface area contributed by atoms with Gasteiger partial charge in [-0.05, 0) is 12.6 Å². The number of nitrogens with one attached hydrogen (secondary N) is 1. The number of urea groups is 1. The molecule has 6 heteroatoms. The fourth-order valence-corrected chi connectivity index (χ4v) is 2.92. The van der Waals surface area contributed by atoms with Gasteiger partial charge in [0.05, 0.1) is 6.04 Å². The summed E-state index contributed by atoms with van der Waals surface area (Å²) in [7, 11) is 4.07. The molecule has 0 aliphatic carbocycles. The quantitative estimate of drug-likeness (QED) is 0.937. The average Bonchev–Trinajstić information content (AvgIpc) is 3.00. The molecule has 2 amide bonds. The summed E-state index contributed by atoms with van der Waals surface area (Å²) in [4.78, 5) is 21.0. The maximum absolute atomic E-state index is 12.4. The van der Waals surface area contributed by atoms with E-state index in [2.05, 4.69) is 22.2 Å². The zero-order valence-electron chi connectivity index (χ0n) is 13.6. The van der Waals surface area contributed by atoms with Crippen LogP contribution in [-0.2, 0) is 13.6 Å². The summed E-state index contributed by atoms with van der Waals surface area (Å²) in [5, 5.41) is 3.01. The van der Waals surface area contributed by atoms with Crippen molar-refractivity contribution in [2.45, 2.75) is 12.6 Å². The normalized spacial score (nSPS) is 18.9. The molecule has 1 unspecified atom stereocenters. The first-order valence-corrected chi connectivity index (χ1v) is 7.89. The van der Waals surface area contributed by atoms with E-state index in [-0.39, 0.29) is 12.1 Å². The van der Waals surface area contributed by atoms with Crippen LogP contribution in [0.4, 0.5) is 4.79 Å². The molecule has 0 spiro atoms. The number of hydrogen-bond acceptors (Lipinski definition) is 3. The number of nitrogens with zero attached hydrogens (tertiary/aromatic N) is 4. The van der Waals surface area contributed by atoms with E-state index in [1.165, 1.54) is 0 Å². The lowest BCUT2D eigenvalue weighted by atomic mass is 10.1. The van der Waals surface area contributed by atoms with Crippen LogP contribution in [0.1, 0.15) is 17.4 Å². The van der Waals surface area contributed by atoms with Gasteiger partial charge in [0, 0.05) is 45.6 Å². The molecule has 2 heterocycles. The Morgan fingerprint density at radius 3 is 2.74 bits per heavy atom. The fourth-order valence-electron chi connectivity index (χ4n) is 2.92. The number of imidazole rings is 1. The van der Waals surface area contributed by atoms with Crippen LogP contribution in [0, 0.1) is 0 Å². The highest BCUT2D eigenvalue weighted by atomic mass is 16.2. The smallest absolute Gasteiger partial charge is 0.317 e. The monoisotopic (exact) mass is 313 g/mol. The summed E-state index contributed by atoms with van der Waals surface area (Å²) >= 11 is 0. The van der Waals surface area contributed by atoms with Gasteiger partial charge in [0.2, 0.25) is 0 Å². The lowest BCUT2D eigenvalue weighted by Crippen LogP contribution is -2.52. The van der Waals surface area contributed by atoms with Crippen LogP contribution in [0.5, 0.6) is 0 Å². The maximum Gasteiger partial charge on any atom is 0.317 e. The Morgan fingerprint density at radius 1 is 1.26 bits per heavy atom. The molecule has 1 saturated heterocycles. The van der Waals surface area contributed by atoms with E-state index >= 15 is 0 Å². The minimum Gasteiger partial charge on any atom is -0.337 e. The molecule has 23 heavy (non-hydrogen) atoms. The third kappa shape index (κ3) is 3.53. The van der Waals surface area contributed by atoms with Gasteiger partial charge in [-0.15, -0.1) is 0 Å². The lowest BCUT2D eigenvalue weighted by molar-refractivity contribution is 0.104. The highest BCUT2D eigenvalue weighted by Crippen LogP contribution is 2.22. The van der Waals surface area contributed by atoms with Gasteiger partial charge in [-0.2, -0.15) is 0 Å². The van der Waals surface area contributed by atoms with Crippen molar-refractivity contribution in [3.05, 3.63) is 54.1 Å². The van der Waals surface area contributed by atoms with E-state index in [1.807, 2.05) is 53.0 Å². The van der Waals surface area contributed by atoms with E-state index in [9.17, 15) is 4.79 Å². The highest BCUT2D eigenvalue weighted by Gasteiger charge is 2.30. The van der Waals surface area contributed by atoms with Gasteiger partial charge in [-0.3, -0.25) is 4.90 Å². The first-order valence-electron chi connectivity index (χ1n) is 7.89. The van der Waals surface area contributed by atoms with Gasteiger partial charge >= 0.3 is 6.03 Å². The Kier molecular flexibility index (Phi) is 4.62. The number of likely N-dealkylation sites (N-methyl/N-ethyl adjacent to an activating group) is 1. The molecule has 122 valence electrons. The van der Waals surface area contributed by atoms with E-state index in [1.54, 1.807) is 6.20 Å². The Morgan fingerprint density at radius 2 is 2.04 bits per heavy atom.